The first-order valence-corrected chi connectivity index (χ1v) is 13.0. The molecule has 41 heavy (non-hydrogen) atoms. The molecule has 206 valence electrons. The summed E-state index contributed by atoms with van der Waals surface area (Å²) in [4.78, 5) is 44.0. The summed E-state index contributed by atoms with van der Waals surface area (Å²) in [6.07, 6.45) is 3.21. The molecule has 1 fully saturated rings. The molecule has 1 aliphatic rings. The summed E-state index contributed by atoms with van der Waals surface area (Å²) in [5.74, 6) is -1.74. The molecule has 1 saturated heterocycles. The Balaban J connectivity index is 1.48. The predicted octanol–water partition coefficient (Wildman–Crippen LogP) is 5.38. The van der Waals surface area contributed by atoms with Gasteiger partial charge in [-0.25, -0.2) is 4.79 Å². The minimum absolute atomic E-state index is 0.0386. The standard InChI is InChI=1S/C33H28N2O6/c1-21-4-3-5-23(18-21)20-41-27-12-10-25(11-13-27)30(36)28-29(24-6-8-26(9-7-24)33(39)40-2)35(32(38)31(28)37)19-22-14-16-34-17-15-22/h3-18,29,36H,19-20H2,1-2H3/b30-28+. The SMILES string of the molecule is COC(=O)c1ccc(C2/C(=C(\O)c3ccc(OCc4cccc(C)c4)cc3)C(=O)C(=O)N2Cc2ccncc2)cc1. The predicted molar refractivity (Wildman–Crippen MR) is 152 cm³/mol. The van der Waals surface area contributed by atoms with Gasteiger partial charge in [-0.15, -0.1) is 0 Å². The molecule has 0 radical (unpaired) electrons. The second kappa shape index (κ2) is 11.9. The lowest BCUT2D eigenvalue weighted by Crippen LogP contribution is -2.29. The molecular formula is C33H28N2O6. The average molecular weight is 549 g/mol. The molecule has 0 saturated carbocycles. The van der Waals surface area contributed by atoms with Gasteiger partial charge in [0.25, 0.3) is 11.7 Å². The van der Waals surface area contributed by atoms with E-state index >= 15 is 0 Å². The number of Topliss-reactive ketones (excluding diaryl/α,β-unsaturated/α-hetero) is 1. The summed E-state index contributed by atoms with van der Waals surface area (Å²) in [7, 11) is 1.29. The maximum atomic E-state index is 13.4. The lowest BCUT2D eigenvalue weighted by atomic mass is 9.94. The number of aryl methyl sites for hydroxylation is 1. The molecule has 2 heterocycles. The van der Waals surface area contributed by atoms with Crippen LogP contribution in [0.4, 0.5) is 0 Å². The van der Waals surface area contributed by atoms with Crippen LogP contribution in [0.2, 0.25) is 0 Å². The first-order valence-electron chi connectivity index (χ1n) is 13.0. The van der Waals surface area contributed by atoms with Crippen LogP contribution in [0.15, 0.2) is 103 Å². The maximum absolute atomic E-state index is 13.4. The van der Waals surface area contributed by atoms with E-state index in [1.54, 1.807) is 73.1 Å². The van der Waals surface area contributed by atoms with Gasteiger partial charge in [-0.05, 0) is 72.1 Å². The van der Waals surface area contributed by atoms with Gasteiger partial charge in [-0.2, -0.15) is 0 Å². The third-order valence-corrected chi connectivity index (χ3v) is 6.91. The number of aliphatic hydroxyl groups excluding tert-OH is 1. The number of methoxy groups -OCH3 is 1. The van der Waals surface area contributed by atoms with Crippen molar-refractivity contribution in [3.05, 3.63) is 136 Å². The summed E-state index contributed by atoms with van der Waals surface area (Å²) in [5, 5.41) is 11.4. The number of carbonyl (C=O) groups excluding carboxylic acids is 3. The number of pyridine rings is 1. The number of carbonyl (C=O) groups is 3. The molecule has 3 aromatic carbocycles. The molecule has 1 aromatic heterocycles. The quantitative estimate of drug-likeness (QED) is 0.136. The zero-order valence-corrected chi connectivity index (χ0v) is 22.6. The second-order valence-electron chi connectivity index (χ2n) is 9.70. The number of aliphatic hydroxyl groups is 1. The van der Waals surface area contributed by atoms with Gasteiger partial charge in [0.15, 0.2) is 0 Å². The Kier molecular flexibility index (Phi) is 7.92. The maximum Gasteiger partial charge on any atom is 0.337 e. The number of hydrogen-bond acceptors (Lipinski definition) is 7. The van der Waals surface area contributed by atoms with E-state index in [1.807, 2.05) is 31.2 Å². The van der Waals surface area contributed by atoms with Gasteiger partial charge in [0.05, 0.1) is 24.3 Å². The van der Waals surface area contributed by atoms with Gasteiger partial charge in [0, 0.05) is 24.5 Å². The Hall–Kier alpha value is -5.24. The molecular weight excluding hydrogens is 520 g/mol. The van der Waals surface area contributed by atoms with Gasteiger partial charge in [-0.1, -0.05) is 42.0 Å². The highest BCUT2D eigenvalue weighted by molar-refractivity contribution is 6.46. The van der Waals surface area contributed by atoms with E-state index in [0.717, 1.165) is 16.7 Å². The molecule has 0 spiro atoms. The van der Waals surface area contributed by atoms with E-state index in [9.17, 15) is 19.5 Å². The molecule has 1 unspecified atom stereocenters. The van der Waals surface area contributed by atoms with Crippen LogP contribution in [-0.2, 0) is 27.5 Å². The highest BCUT2D eigenvalue weighted by Gasteiger charge is 2.46. The van der Waals surface area contributed by atoms with E-state index < -0.39 is 23.7 Å². The number of rotatable bonds is 8. The van der Waals surface area contributed by atoms with Crippen LogP contribution in [-0.4, -0.2) is 39.8 Å². The molecule has 8 nitrogen and oxygen atoms in total. The van der Waals surface area contributed by atoms with Gasteiger partial charge in [0.2, 0.25) is 0 Å². The Bertz CT molecular complexity index is 1610. The van der Waals surface area contributed by atoms with Crippen molar-refractivity contribution in [2.75, 3.05) is 7.11 Å². The zero-order chi connectivity index (χ0) is 28.9. The highest BCUT2D eigenvalue weighted by atomic mass is 16.5. The van der Waals surface area contributed by atoms with Crippen molar-refractivity contribution < 1.29 is 29.0 Å². The zero-order valence-electron chi connectivity index (χ0n) is 22.6. The van der Waals surface area contributed by atoms with E-state index in [2.05, 4.69) is 4.98 Å². The fraction of sp³-hybridized carbons (Fsp3) is 0.152. The second-order valence-corrected chi connectivity index (χ2v) is 9.70. The molecule has 1 N–H and O–H groups in total. The van der Waals surface area contributed by atoms with Crippen molar-refractivity contribution in [1.29, 1.82) is 0 Å². The Labute approximate surface area is 237 Å². The third-order valence-electron chi connectivity index (χ3n) is 6.91. The van der Waals surface area contributed by atoms with Crippen molar-refractivity contribution in [3.63, 3.8) is 0 Å². The van der Waals surface area contributed by atoms with Gasteiger partial charge >= 0.3 is 5.97 Å². The number of ether oxygens (including phenoxy) is 2. The molecule has 1 aliphatic heterocycles. The Morgan fingerprint density at radius 3 is 2.24 bits per heavy atom. The van der Waals surface area contributed by atoms with Crippen molar-refractivity contribution >= 4 is 23.4 Å². The first-order chi connectivity index (χ1) is 19.9. The highest BCUT2D eigenvalue weighted by Crippen LogP contribution is 2.40. The largest absolute Gasteiger partial charge is 0.507 e. The van der Waals surface area contributed by atoms with Crippen LogP contribution in [0.1, 0.15) is 44.2 Å². The van der Waals surface area contributed by atoms with Crippen molar-refractivity contribution in [1.82, 2.24) is 9.88 Å². The lowest BCUT2D eigenvalue weighted by Gasteiger charge is -2.25. The third kappa shape index (κ3) is 5.86. The van der Waals surface area contributed by atoms with Crippen molar-refractivity contribution in [2.45, 2.75) is 26.1 Å². The lowest BCUT2D eigenvalue weighted by molar-refractivity contribution is -0.140. The van der Waals surface area contributed by atoms with Crippen LogP contribution in [0.5, 0.6) is 5.75 Å². The van der Waals surface area contributed by atoms with E-state index in [-0.39, 0.29) is 17.9 Å². The summed E-state index contributed by atoms with van der Waals surface area (Å²) in [5.41, 5.74) is 4.15. The van der Waals surface area contributed by atoms with E-state index in [1.165, 1.54) is 12.0 Å². The Morgan fingerprint density at radius 2 is 1.59 bits per heavy atom. The summed E-state index contributed by atoms with van der Waals surface area (Å²) in [6.45, 7) is 2.52. The molecule has 4 aromatic rings. The molecule has 1 atom stereocenters. The first kappa shape index (κ1) is 27.3. The van der Waals surface area contributed by atoms with Gasteiger partial charge < -0.3 is 19.5 Å². The number of esters is 1. The summed E-state index contributed by atoms with van der Waals surface area (Å²) < 4.78 is 10.7. The van der Waals surface area contributed by atoms with Gasteiger partial charge in [0.1, 0.15) is 18.1 Å². The number of likely N-dealkylation sites (tertiary alicyclic amines) is 1. The fourth-order valence-corrected chi connectivity index (χ4v) is 4.83. The number of hydrogen-bond donors (Lipinski definition) is 1. The summed E-state index contributed by atoms with van der Waals surface area (Å²) >= 11 is 0. The normalized spacial score (nSPS) is 16.0. The molecule has 5 rings (SSSR count). The molecule has 8 heteroatoms. The Morgan fingerprint density at radius 1 is 0.902 bits per heavy atom. The van der Waals surface area contributed by atoms with Crippen LogP contribution in [0, 0.1) is 6.92 Å². The van der Waals surface area contributed by atoms with Crippen LogP contribution in [0.25, 0.3) is 5.76 Å². The van der Waals surface area contributed by atoms with Crippen LogP contribution < -0.4 is 4.74 Å². The summed E-state index contributed by atoms with van der Waals surface area (Å²) in [6, 6.07) is 23.8. The molecule has 1 amide bonds. The molecule has 0 bridgehead atoms. The number of ketones is 1. The topological polar surface area (TPSA) is 106 Å². The minimum atomic E-state index is -0.882. The molecule has 0 aliphatic carbocycles. The number of benzene rings is 3. The smallest absolute Gasteiger partial charge is 0.337 e. The average Bonchev–Trinajstić information content (AvgIpc) is 3.25. The van der Waals surface area contributed by atoms with Gasteiger partial charge in [-0.3, -0.25) is 14.6 Å². The monoisotopic (exact) mass is 548 g/mol. The number of nitrogens with zero attached hydrogens (tertiary/aromatic N) is 2. The van der Waals surface area contributed by atoms with Crippen molar-refractivity contribution in [2.24, 2.45) is 0 Å². The number of amides is 1. The van der Waals surface area contributed by atoms with E-state index in [0.29, 0.717) is 29.0 Å². The van der Waals surface area contributed by atoms with Crippen molar-refractivity contribution in [3.8, 4) is 5.75 Å². The minimum Gasteiger partial charge on any atom is -0.507 e. The fourth-order valence-electron chi connectivity index (χ4n) is 4.83. The number of aromatic nitrogens is 1. The van der Waals surface area contributed by atoms with Crippen LogP contribution in [0.3, 0.4) is 0 Å². The van der Waals surface area contributed by atoms with E-state index in [4.69, 9.17) is 9.47 Å². The van der Waals surface area contributed by atoms with Crippen LogP contribution >= 0.6 is 0 Å².